The van der Waals surface area contributed by atoms with Gasteiger partial charge in [0.05, 0.1) is 6.20 Å². The molecule has 1 fully saturated rings. The monoisotopic (exact) mass is 397 g/mol. The second kappa shape index (κ2) is 10.0. The number of H-pyrrole nitrogens is 1. The Balaban J connectivity index is 1.47. The van der Waals surface area contributed by atoms with Crippen LogP contribution in [0.25, 0.3) is 0 Å². The van der Waals surface area contributed by atoms with E-state index >= 15 is 0 Å². The summed E-state index contributed by atoms with van der Waals surface area (Å²) in [7, 11) is 0. The van der Waals surface area contributed by atoms with Gasteiger partial charge in [-0.3, -0.25) is 14.5 Å². The van der Waals surface area contributed by atoms with Crippen LogP contribution in [-0.2, 0) is 4.79 Å². The van der Waals surface area contributed by atoms with Crippen molar-refractivity contribution in [2.75, 3.05) is 56.0 Å². The fourth-order valence-corrected chi connectivity index (χ4v) is 3.64. The number of anilines is 2. The average Bonchev–Trinajstić information content (AvgIpc) is 2.76. The van der Waals surface area contributed by atoms with Gasteiger partial charge in [-0.2, -0.15) is 0 Å². The number of piperazine rings is 1. The SMILES string of the molecule is CCN(CC)C(=O)c1ccc(NC(=O)C[NH+]2CCN(c3cccc[nH+]3)CC2)cc1. The van der Waals surface area contributed by atoms with Crippen LogP contribution in [0.3, 0.4) is 0 Å². The molecule has 0 radical (unpaired) electrons. The molecule has 0 unspecified atom stereocenters. The Hall–Kier alpha value is -2.93. The molecule has 1 aliphatic heterocycles. The van der Waals surface area contributed by atoms with Crippen molar-refractivity contribution >= 4 is 23.3 Å². The van der Waals surface area contributed by atoms with Crippen molar-refractivity contribution in [3.05, 3.63) is 54.2 Å². The zero-order valence-electron chi connectivity index (χ0n) is 17.3. The number of quaternary nitrogens is 1. The molecule has 0 atom stereocenters. The van der Waals surface area contributed by atoms with Crippen molar-refractivity contribution < 1.29 is 19.5 Å². The van der Waals surface area contributed by atoms with Gasteiger partial charge in [0.15, 0.2) is 6.54 Å². The maximum Gasteiger partial charge on any atom is 0.279 e. The van der Waals surface area contributed by atoms with Crippen LogP contribution in [0, 0.1) is 0 Å². The van der Waals surface area contributed by atoms with E-state index in [-0.39, 0.29) is 11.8 Å². The van der Waals surface area contributed by atoms with Gasteiger partial charge in [-0.25, -0.2) is 4.98 Å². The molecular weight excluding hydrogens is 366 g/mol. The summed E-state index contributed by atoms with van der Waals surface area (Å²) in [6.45, 7) is 9.45. The molecule has 0 aliphatic carbocycles. The maximum absolute atomic E-state index is 12.4. The van der Waals surface area contributed by atoms with E-state index in [2.05, 4.69) is 21.3 Å². The van der Waals surface area contributed by atoms with Gasteiger partial charge in [0.2, 0.25) is 0 Å². The highest BCUT2D eigenvalue weighted by Crippen LogP contribution is 2.11. The van der Waals surface area contributed by atoms with Crippen molar-refractivity contribution in [2.24, 2.45) is 0 Å². The Kier molecular flexibility index (Phi) is 7.19. The smallest absolute Gasteiger partial charge is 0.279 e. The van der Waals surface area contributed by atoms with E-state index in [1.165, 1.54) is 4.90 Å². The van der Waals surface area contributed by atoms with Gasteiger partial charge >= 0.3 is 0 Å². The summed E-state index contributed by atoms with van der Waals surface area (Å²) < 4.78 is 0. The number of aromatic amines is 1. The van der Waals surface area contributed by atoms with Gasteiger partial charge in [0, 0.05) is 30.4 Å². The zero-order valence-corrected chi connectivity index (χ0v) is 17.3. The molecule has 0 saturated carbocycles. The molecule has 1 aromatic heterocycles. The summed E-state index contributed by atoms with van der Waals surface area (Å²) in [6.07, 6.45) is 1.93. The summed E-state index contributed by atoms with van der Waals surface area (Å²) in [6, 6.07) is 13.2. The van der Waals surface area contributed by atoms with Crippen LogP contribution in [0.4, 0.5) is 11.5 Å². The first-order chi connectivity index (χ1) is 14.1. The molecule has 3 N–H and O–H groups in total. The summed E-state index contributed by atoms with van der Waals surface area (Å²) >= 11 is 0. The first-order valence-electron chi connectivity index (χ1n) is 10.3. The van der Waals surface area contributed by atoms with Gasteiger partial charge in [-0.15, -0.1) is 0 Å². The van der Waals surface area contributed by atoms with Gasteiger partial charge in [0.1, 0.15) is 26.2 Å². The molecule has 0 spiro atoms. The van der Waals surface area contributed by atoms with E-state index in [0.29, 0.717) is 25.2 Å². The highest BCUT2D eigenvalue weighted by Gasteiger charge is 2.27. The topological polar surface area (TPSA) is 71.2 Å². The normalized spacial score (nSPS) is 14.5. The number of hydrogen-bond donors (Lipinski definition) is 2. The molecule has 2 aromatic rings. The van der Waals surface area contributed by atoms with Crippen molar-refractivity contribution in [2.45, 2.75) is 13.8 Å². The lowest BCUT2D eigenvalue weighted by molar-refractivity contribution is -0.892. The molecule has 2 heterocycles. The van der Waals surface area contributed by atoms with Gasteiger partial charge < -0.3 is 15.1 Å². The molecule has 3 rings (SSSR count). The van der Waals surface area contributed by atoms with Crippen molar-refractivity contribution in [1.82, 2.24) is 4.90 Å². The minimum Gasteiger partial charge on any atom is -0.339 e. The van der Waals surface area contributed by atoms with Crippen LogP contribution < -0.4 is 20.1 Å². The van der Waals surface area contributed by atoms with Gasteiger partial charge in [-0.05, 0) is 44.2 Å². The van der Waals surface area contributed by atoms with E-state index in [1.807, 2.05) is 32.2 Å². The van der Waals surface area contributed by atoms with E-state index < -0.39 is 0 Å². The summed E-state index contributed by atoms with van der Waals surface area (Å²) in [5.41, 5.74) is 1.37. The highest BCUT2D eigenvalue weighted by molar-refractivity contribution is 5.96. The first-order valence-corrected chi connectivity index (χ1v) is 10.3. The number of amides is 2. The predicted octanol–water partition coefficient (Wildman–Crippen LogP) is 0.326. The quantitative estimate of drug-likeness (QED) is 0.707. The number of nitrogens with zero attached hydrogens (tertiary/aromatic N) is 2. The molecule has 1 saturated heterocycles. The lowest BCUT2D eigenvalue weighted by atomic mass is 10.1. The fraction of sp³-hybridized carbons (Fsp3) is 0.409. The zero-order chi connectivity index (χ0) is 20.6. The number of carbonyl (C=O) groups is 2. The second-order valence-electron chi connectivity index (χ2n) is 7.26. The number of rotatable bonds is 7. The number of aromatic nitrogens is 1. The minimum atomic E-state index is 0.00235. The molecule has 7 heteroatoms. The van der Waals surface area contributed by atoms with Gasteiger partial charge in [-0.1, -0.05) is 6.07 Å². The predicted molar refractivity (Wildman–Crippen MR) is 113 cm³/mol. The molecule has 7 nitrogen and oxygen atoms in total. The molecule has 2 amide bonds. The number of carbonyl (C=O) groups excluding carboxylic acids is 2. The fourth-order valence-electron chi connectivity index (χ4n) is 3.64. The molecule has 154 valence electrons. The minimum absolute atomic E-state index is 0.00235. The average molecular weight is 398 g/mol. The Morgan fingerprint density at radius 1 is 1.07 bits per heavy atom. The van der Waals surface area contributed by atoms with Crippen molar-refractivity contribution in [3.63, 3.8) is 0 Å². The first kappa shape index (κ1) is 20.8. The van der Waals surface area contributed by atoms with E-state index in [9.17, 15) is 9.59 Å². The van der Waals surface area contributed by atoms with Crippen LogP contribution in [-0.4, -0.2) is 62.5 Å². The molecule has 1 aliphatic rings. The van der Waals surface area contributed by atoms with E-state index in [1.54, 1.807) is 29.2 Å². The summed E-state index contributed by atoms with van der Waals surface area (Å²) in [5.74, 6) is 1.14. The van der Waals surface area contributed by atoms with Crippen molar-refractivity contribution in [3.8, 4) is 0 Å². The van der Waals surface area contributed by atoms with Crippen molar-refractivity contribution in [1.29, 1.82) is 0 Å². The largest absolute Gasteiger partial charge is 0.339 e. The van der Waals surface area contributed by atoms with Crippen LogP contribution in [0.2, 0.25) is 0 Å². The number of hydrogen-bond acceptors (Lipinski definition) is 3. The molecule has 0 bridgehead atoms. The number of nitrogens with one attached hydrogen (secondary N) is 3. The third-order valence-corrected chi connectivity index (χ3v) is 5.38. The Morgan fingerprint density at radius 3 is 2.34 bits per heavy atom. The lowest BCUT2D eigenvalue weighted by Gasteiger charge is -2.27. The Labute approximate surface area is 172 Å². The van der Waals surface area contributed by atoms with Gasteiger partial charge in [0.25, 0.3) is 17.6 Å². The highest BCUT2D eigenvalue weighted by atomic mass is 16.2. The third-order valence-electron chi connectivity index (χ3n) is 5.38. The Bertz CT molecular complexity index is 798. The number of benzene rings is 1. The molecule has 1 aromatic carbocycles. The van der Waals surface area contributed by atoms with E-state index in [4.69, 9.17) is 0 Å². The van der Waals surface area contributed by atoms with Crippen LogP contribution >= 0.6 is 0 Å². The van der Waals surface area contributed by atoms with Crippen LogP contribution in [0.15, 0.2) is 48.7 Å². The second-order valence-corrected chi connectivity index (χ2v) is 7.26. The van der Waals surface area contributed by atoms with E-state index in [0.717, 1.165) is 37.7 Å². The maximum atomic E-state index is 12.4. The van der Waals surface area contributed by atoms with Crippen LogP contribution in [0.5, 0.6) is 0 Å². The standard InChI is InChI=1S/C22H29N5O2/c1-3-26(4-2)22(29)18-8-10-19(11-9-18)24-21(28)17-25-13-15-27(16-14-25)20-7-5-6-12-23-20/h5-12H,3-4,13-17H2,1-2H3,(H,24,28)/p+2. The molecule has 29 heavy (non-hydrogen) atoms. The Morgan fingerprint density at radius 2 is 1.76 bits per heavy atom. The summed E-state index contributed by atoms with van der Waals surface area (Å²) in [4.78, 5) is 33.4. The third kappa shape index (κ3) is 5.54. The summed E-state index contributed by atoms with van der Waals surface area (Å²) in [5, 5.41) is 2.95. The molecular formula is C22H31N5O2+2. The number of pyridine rings is 1. The van der Waals surface area contributed by atoms with Crippen LogP contribution in [0.1, 0.15) is 24.2 Å². The lowest BCUT2D eigenvalue weighted by Crippen LogP contribution is -3.15.